The van der Waals surface area contributed by atoms with Crippen molar-refractivity contribution in [3.05, 3.63) is 0 Å². The van der Waals surface area contributed by atoms with Crippen LogP contribution in [0, 0.1) is 5.41 Å². The fraction of sp³-hybridized carbons (Fsp3) is 0.917. The first-order valence-corrected chi connectivity index (χ1v) is 7.77. The molecule has 4 heteroatoms. The zero-order valence-corrected chi connectivity index (χ0v) is 12.3. The summed E-state index contributed by atoms with van der Waals surface area (Å²) in [5.74, 6) is 1.24. The molecule has 16 heavy (non-hydrogen) atoms. The van der Waals surface area contributed by atoms with Gasteiger partial charge in [0.15, 0.2) is 0 Å². The summed E-state index contributed by atoms with van der Waals surface area (Å²) < 4.78 is 0. The molecule has 0 aliphatic heterocycles. The summed E-state index contributed by atoms with van der Waals surface area (Å²) in [6.07, 6.45) is 6.96. The van der Waals surface area contributed by atoms with Gasteiger partial charge in [-0.1, -0.05) is 12.2 Å². The standard InChI is InChI=1S/C12H24N2S2/c1-10(4-7-16-3)14(2)9-12(5-6-12)8-11(13)15/h10H,4-9H2,1-3H3,(H2,13,15). The molecule has 1 saturated carbocycles. The number of hydrogen-bond donors (Lipinski definition) is 1. The Labute approximate surface area is 109 Å². The van der Waals surface area contributed by atoms with E-state index in [0.29, 0.717) is 16.4 Å². The zero-order chi connectivity index (χ0) is 12.2. The number of thiocarbonyl (C=S) groups is 1. The zero-order valence-electron chi connectivity index (χ0n) is 10.7. The van der Waals surface area contributed by atoms with E-state index >= 15 is 0 Å². The molecule has 0 aromatic heterocycles. The van der Waals surface area contributed by atoms with Gasteiger partial charge >= 0.3 is 0 Å². The Morgan fingerprint density at radius 3 is 2.62 bits per heavy atom. The molecule has 2 N–H and O–H groups in total. The van der Waals surface area contributed by atoms with Crippen LogP contribution in [0.3, 0.4) is 0 Å². The Hall–Kier alpha value is 0.200. The minimum Gasteiger partial charge on any atom is -0.393 e. The van der Waals surface area contributed by atoms with E-state index in [1.807, 2.05) is 11.8 Å². The molecule has 0 amide bonds. The van der Waals surface area contributed by atoms with Gasteiger partial charge in [-0.25, -0.2) is 0 Å². The molecular formula is C12H24N2S2. The molecule has 0 aromatic carbocycles. The van der Waals surface area contributed by atoms with E-state index in [4.69, 9.17) is 18.0 Å². The second-order valence-corrected chi connectivity index (χ2v) is 6.70. The summed E-state index contributed by atoms with van der Waals surface area (Å²) in [7, 11) is 2.23. The van der Waals surface area contributed by atoms with Gasteiger partial charge in [0.2, 0.25) is 0 Å². The first kappa shape index (κ1) is 14.3. The Bertz CT molecular complexity index is 239. The quantitative estimate of drug-likeness (QED) is 0.679. The summed E-state index contributed by atoms with van der Waals surface area (Å²) in [5.41, 5.74) is 6.08. The molecule has 2 nitrogen and oxygen atoms in total. The lowest BCUT2D eigenvalue weighted by Gasteiger charge is -2.29. The fourth-order valence-corrected chi connectivity index (χ4v) is 3.01. The van der Waals surface area contributed by atoms with Crippen molar-refractivity contribution >= 4 is 29.0 Å². The van der Waals surface area contributed by atoms with Crippen LogP contribution >= 0.6 is 24.0 Å². The molecule has 1 aliphatic rings. The Balaban J connectivity index is 2.32. The predicted molar refractivity (Wildman–Crippen MR) is 78.2 cm³/mol. The number of hydrogen-bond acceptors (Lipinski definition) is 3. The molecule has 0 radical (unpaired) electrons. The maximum Gasteiger partial charge on any atom is 0.0733 e. The van der Waals surface area contributed by atoms with Crippen molar-refractivity contribution in [3.63, 3.8) is 0 Å². The van der Waals surface area contributed by atoms with E-state index in [9.17, 15) is 0 Å². The van der Waals surface area contributed by atoms with Crippen LogP contribution in [0.25, 0.3) is 0 Å². The highest BCUT2D eigenvalue weighted by molar-refractivity contribution is 7.98. The van der Waals surface area contributed by atoms with Crippen molar-refractivity contribution in [1.29, 1.82) is 0 Å². The van der Waals surface area contributed by atoms with Crippen molar-refractivity contribution in [3.8, 4) is 0 Å². The van der Waals surface area contributed by atoms with Crippen LogP contribution in [-0.4, -0.2) is 41.5 Å². The summed E-state index contributed by atoms with van der Waals surface area (Å²) in [6, 6.07) is 0.663. The van der Waals surface area contributed by atoms with E-state index in [1.54, 1.807) is 0 Å². The average Bonchev–Trinajstić information content (AvgIpc) is 2.92. The van der Waals surface area contributed by atoms with Crippen LogP contribution in [0.2, 0.25) is 0 Å². The van der Waals surface area contributed by atoms with Gasteiger partial charge in [0, 0.05) is 19.0 Å². The van der Waals surface area contributed by atoms with E-state index in [1.165, 1.54) is 25.0 Å². The molecule has 1 fully saturated rings. The average molecular weight is 260 g/mol. The normalized spacial score (nSPS) is 19.8. The number of rotatable bonds is 8. The summed E-state index contributed by atoms with van der Waals surface area (Å²) in [5, 5.41) is 0. The number of nitrogens with two attached hydrogens (primary N) is 1. The van der Waals surface area contributed by atoms with Crippen molar-refractivity contribution < 1.29 is 0 Å². The Morgan fingerprint density at radius 1 is 1.56 bits per heavy atom. The van der Waals surface area contributed by atoms with Gasteiger partial charge < -0.3 is 10.6 Å². The van der Waals surface area contributed by atoms with E-state index in [2.05, 4.69) is 25.1 Å². The highest BCUT2D eigenvalue weighted by Crippen LogP contribution is 2.49. The molecule has 1 aliphatic carbocycles. The van der Waals surface area contributed by atoms with E-state index in [-0.39, 0.29) is 0 Å². The first-order valence-electron chi connectivity index (χ1n) is 5.96. The van der Waals surface area contributed by atoms with Crippen molar-refractivity contribution in [2.45, 2.75) is 38.6 Å². The molecular weight excluding hydrogens is 236 g/mol. The molecule has 0 saturated heterocycles. The van der Waals surface area contributed by atoms with Gasteiger partial charge in [-0.15, -0.1) is 0 Å². The van der Waals surface area contributed by atoms with Crippen molar-refractivity contribution in [1.82, 2.24) is 4.90 Å². The van der Waals surface area contributed by atoms with Crippen LogP contribution in [0.5, 0.6) is 0 Å². The van der Waals surface area contributed by atoms with Crippen LogP contribution < -0.4 is 5.73 Å². The lowest BCUT2D eigenvalue weighted by atomic mass is 10.0. The lowest BCUT2D eigenvalue weighted by Crippen LogP contribution is -2.36. The third kappa shape index (κ3) is 4.60. The van der Waals surface area contributed by atoms with Crippen LogP contribution in [0.1, 0.15) is 32.6 Å². The van der Waals surface area contributed by atoms with E-state index < -0.39 is 0 Å². The van der Waals surface area contributed by atoms with Gasteiger partial charge in [-0.05, 0) is 50.7 Å². The van der Waals surface area contributed by atoms with Crippen LogP contribution in [0.15, 0.2) is 0 Å². The maximum absolute atomic E-state index is 5.66. The monoisotopic (exact) mass is 260 g/mol. The topological polar surface area (TPSA) is 29.3 Å². The molecule has 94 valence electrons. The minimum absolute atomic E-state index is 0.425. The smallest absolute Gasteiger partial charge is 0.0733 e. The SMILES string of the molecule is CSCCC(C)N(C)CC1(CC(N)=S)CC1. The molecule has 1 atom stereocenters. The molecule has 0 bridgehead atoms. The Morgan fingerprint density at radius 2 is 2.19 bits per heavy atom. The van der Waals surface area contributed by atoms with Gasteiger partial charge in [0.05, 0.1) is 4.99 Å². The van der Waals surface area contributed by atoms with E-state index in [0.717, 1.165) is 13.0 Å². The first-order chi connectivity index (χ1) is 7.49. The molecule has 1 unspecified atom stereocenters. The molecule has 1 rings (SSSR count). The fourth-order valence-electron chi connectivity index (χ4n) is 2.13. The van der Waals surface area contributed by atoms with Crippen LogP contribution in [-0.2, 0) is 0 Å². The largest absolute Gasteiger partial charge is 0.393 e. The Kier molecular flexibility index (Phi) is 5.54. The lowest BCUT2D eigenvalue weighted by molar-refractivity contribution is 0.206. The second-order valence-electron chi connectivity index (χ2n) is 5.19. The number of thioether (sulfide) groups is 1. The molecule has 0 aromatic rings. The highest BCUT2D eigenvalue weighted by atomic mass is 32.2. The second kappa shape index (κ2) is 6.22. The van der Waals surface area contributed by atoms with Crippen molar-refractivity contribution in [2.24, 2.45) is 11.1 Å². The summed E-state index contributed by atoms with van der Waals surface area (Å²) in [4.78, 5) is 3.16. The highest BCUT2D eigenvalue weighted by Gasteiger charge is 2.43. The van der Waals surface area contributed by atoms with Crippen LogP contribution in [0.4, 0.5) is 0 Å². The minimum atomic E-state index is 0.425. The third-order valence-electron chi connectivity index (χ3n) is 3.58. The third-order valence-corrected chi connectivity index (χ3v) is 4.37. The summed E-state index contributed by atoms with van der Waals surface area (Å²) >= 11 is 6.95. The molecule has 0 heterocycles. The van der Waals surface area contributed by atoms with Gasteiger partial charge in [-0.2, -0.15) is 11.8 Å². The number of nitrogens with zero attached hydrogens (tertiary/aromatic N) is 1. The molecule has 0 spiro atoms. The van der Waals surface area contributed by atoms with Gasteiger partial charge in [-0.3, -0.25) is 0 Å². The summed E-state index contributed by atoms with van der Waals surface area (Å²) in [6.45, 7) is 3.47. The predicted octanol–water partition coefficient (Wildman–Crippen LogP) is 2.52. The van der Waals surface area contributed by atoms with Gasteiger partial charge in [0.25, 0.3) is 0 Å². The van der Waals surface area contributed by atoms with Crippen molar-refractivity contribution in [2.75, 3.05) is 25.6 Å². The van der Waals surface area contributed by atoms with Gasteiger partial charge in [0.1, 0.15) is 0 Å². The maximum atomic E-state index is 5.66.